The van der Waals surface area contributed by atoms with E-state index in [4.69, 9.17) is 14.5 Å². The molecule has 7 heteroatoms. The maximum Gasteiger partial charge on any atom is 0.257 e. The predicted molar refractivity (Wildman–Crippen MR) is 123 cm³/mol. The van der Waals surface area contributed by atoms with E-state index in [0.29, 0.717) is 31.0 Å². The Labute approximate surface area is 187 Å². The van der Waals surface area contributed by atoms with E-state index in [1.54, 1.807) is 18.4 Å². The molecule has 1 amide bonds. The van der Waals surface area contributed by atoms with E-state index in [1.165, 1.54) is 0 Å². The number of carbonyl (C=O) groups excluding carboxylic acids is 1. The molecule has 2 heterocycles. The minimum Gasteiger partial charge on any atom is -0.497 e. The van der Waals surface area contributed by atoms with Crippen molar-refractivity contribution in [3.05, 3.63) is 64.5 Å². The number of amides is 1. The van der Waals surface area contributed by atoms with Crippen molar-refractivity contribution < 1.29 is 14.3 Å². The molecule has 1 aliphatic heterocycles. The SMILES string of the molecule is CCOc1ccccc1C(=O)N1CCN(Cc2nc(-c3ccc(OC)cc3)cs2)CC1. The van der Waals surface area contributed by atoms with E-state index in [9.17, 15) is 4.79 Å². The van der Waals surface area contributed by atoms with Gasteiger partial charge in [0.2, 0.25) is 0 Å². The lowest BCUT2D eigenvalue weighted by Gasteiger charge is -2.34. The number of piperazine rings is 1. The quantitative estimate of drug-likeness (QED) is 0.555. The van der Waals surface area contributed by atoms with Crippen LogP contribution in [0.3, 0.4) is 0 Å². The molecule has 2 aromatic carbocycles. The molecule has 4 rings (SSSR count). The largest absolute Gasteiger partial charge is 0.497 e. The van der Waals surface area contributed by atoms with Crippen LogP contribution in [0.1, 0.15) is 22.3 Å². The summed E-state index contributed by atoms with van der Waals surface area (Å²) < 4.78 is 10.9. The molecule has 0 aliphatic carbocycles. The number of hydrogen-bond acceptors (Lipinski definition) is 6. The number of ether oxygens (including phenoxy) is 2. The number of hydrogen-bond donors (Lipinski definition) is 0. The summed E-state index contributed by atoms with van der Waals surface area (Å²) in [5.74, 6) is 1.54. The number of aromatic nitrogens is 1. The fourth-order valence-electron chi connectivity index (χ4n) is 3.67. The summed E-state index contributed by atoms with van der Waals surface area (Å²) in [5.41, 5.74) is 2.72. The molecule has 0 N–H and O–H groups in total. The molecule has 31 heavy (non-hydrogen) atoms. The van der Waals surface area contributed by atoms with E-state index in [2.05, 4.69) is 10.3 Å². The zero-order chi connectivity index (χ0) is 21.6. The summed E-state index contributed by atoms with van der Waals surface area (Å²) in [6, 6.07) is 15.4. The average molecular weight is 438 g/mol. The Morgan fingerprint density at radius 2 is 1.81 bits per heavy atom. The van der Waals surface area contributed by atoms with Crippen LogP contribution in [0.25, 0.3) is 11.3 Å². The van der Waals surface area contributed by atoms with Crippen molar-refractivity contribution in [2.24, 2.45) is 0 Å². The molecule has 0 radical (unpaired) electrons. The van der Waals surface area contributed by atoms with Gasteiger partial charge in [-0.05, 0) is 43.3 Å². The lowest BCUT2D eigenvalue weighted by molar-refractivity contribution is 0.0624. The smallest absolute Gasteiger partial charge is 0.257 e. The van der Waals surface area contributed by atoms with Gasteiger partial charge in [-0.1, -0.05) is 12.1 Å². The molecule has 0 saturated carbocycles. The third-order valence-corrected chi connectivity index (χ3v) is 6.21. The lowest BCUT2D eigenvalue weighted by atomic mass is 10.1. The molecular weight excluding hydrogens is 410 g/mol. The minimum absolute atomic E-state index is 0.0414. The van der Waals surface area contributed by atoms with Gasteiger partial charge in [0.1, 0.15) is 16.5 Å². The summed E-state index contributed by atoms with van der Waals surface area (Å²) in [6.45, 7) is 6.35. The maximum atomic E-state index is 13.0. The van der Waals surface area contributed by atoms with E-state index >= 15 is 0 Å². The number of benzene rings is 2. The van der Waals surface area contributed by atoms with Crippen molar-refractivity contribution in [3.63, 3.8) is 0 Å². The fourth-order valence-corrected chi connectivity index (χ4v) is 4.52. The van der Waals surface area contributed by atoms with Crippen LogP contribution in [0.5, 0.6) is 11.5 Å². The number of carbonyl (C=O) groups is 1. The van der Waals surface area contributed by atoms with E-state index < -0.39 is 0 Å². The van der Waals surface area contributed by atoms with Gasteiger partial charge in [-0.15, -0.1) is 11.3 Å². The third-order valence-electron chi connectivity index (χ3n) is 5.37. The first-order chi connectivity index (χ1) is 15.2. The lowest BCUT2D eigenvalue weighted by Crippen LogP contribution is -2.48. The highest BCUT2D eigenvalue weighted by Gasteiger charge is 2.24. The van der Waals surface area contributed by atoms with E-state index in [1.807, 2.05) is 60.4 Å². The standard InChI is InChI=1S/C24H27N3O3S/c1-3-30-22-7-5-4-6-20(22)24(28)27-14-12-26(13-15-27)16-23-25-21(17-31-23)18-8-10-19(29-2)11-9-18/h4-11,17H,3,12-16H2,1-2H3. The van der Waals surface area contributed by atoms with Crippen molar-refractivity contribution in [1.82, 2.24) is 14.8 Å². The van der Waals surface area contributed by atoms with Crippen molar-refractivity contribution in [1.29, 1.82) is 0 Å². The van der Waals surface area contributed by atoms with Gasteiger partial charge in [0.05, 0.1) is 31.5 Å². The molecule has 6 nitrogen and oxygen atoms in total. The fraction of sp³-hybridized carbons (Fsp3) is 0.333. The van der Waals surface area contributed by atoms with Gasteiger partial charge in [0, 0.05) is 37.1 Å². The molecule has 0 bridgehead atoms. The highest BCUT2D eigenvalue weighted by atomic mass is 32.1. The van der Waals surface area contributed by atoms with Crippen LogP contribution < -0.4 is 9.47 Å². The second-order valence-corrected chi connectivity index (χ2v) is 8.30. The number of thiazole rings is 1. The first-order valence-corrected chi connectivity index (χ1v) is 11.4. The summed E-state index contributed by atoms with van der Waals surface area (Å²) in [7, 11) is 1.67. The minimum atomic E-state index is 0.0414. The summed E-state index contributed by atoms with van der Waals surface area (Å²) in [6.07, 6.45) is 0. The molecule has 1 fully saturated rings. The normalized spacial score (nSPS) is 14.5. The first-order valence-electron chi connectivity index (χ1n) is 10.5. The maximum absolute atomic E-state index is 13.0. The van der Waals surface area contributed by atoms with Crippen LogP contribution in [0, 0.1) is 0 Å². The predicted octanol–water partition coefficient (Wildman–Crippen LogP) is 4.18. The van der Waals surface area contributed by atoms with Crippen molar-refractivity contribution >= 4 is 17.2 Å². The summed E-state index contributed by atoms with van der Waals surface area (Å²) in [4.78, 5) is 22.0. The number of para-hydroxylation sites is 1. The number of methoxy groups -OCH3 is 1. The highest BCUT2D eigenvalue weighted by molar-refractivity contribution is 7.09. The van der Waals surface area contributed by atoms with E-state index in [-0.39, 0.29) is 5.91 Å². The van der Waals surface area contributed by atoms with Gasteiger partial charge in [0.15, 0.2) is 0 Å². The van der Waals surface area contributed by atoms with Gasteiger partial charge < -0.3 is 14.4 Å². The molecule has 1 aliphatic rings. The van der Waals surface area contributed by atoms with Crippen LogP contribution in [-0.4, -0.2) is 60.6 Å². The van der Waals surface area contributed by atoms with Crippen LogP contribution in [0.15, 0.2) is 53.9 Å². The Balaban J connectivity index is 1.33. The van der Waals surface area contributed by atoms with Gasteiger partial charge in [-0.25, -0.2) is 4.98 Å². The molecular formula is C24H27N3O3S. The van der Waals surface area contributed by atoms with Crippen LogP contribution in [-0.2, 0) is 6.54 Å². The van der Waals surface area contributed by atoms with Gasteiger partial charge in [-0.3, -0.25) is 9.69 Å². The molecule has 0 atom stereocenters. The monoisotopic (exact) mass is 437 g/mol. The second kappa shape index (κ2) is 9.94. The number of nitrogens with zero attached hydrogens (tertiary/aromatic N) is 3. The van der Waals surface area contributed by atoms with Crippen LogP contribution in [0.4, 0.5) is 0 Å². The van der Waals surface area contributed by atoms with Gasteiger partial charge in [-0.2, -0.15) is 0 Å². The summed E-state index contributed by atoms with van der Waals surface area (Å²) >= 11 is 1.68. The molecule has 1 aromatic heterocycles. The van der Waals surface area contributed by atoms with Gasteiger partial charge >= 0.3 is 0 Å². The molecule has 0 unspecified atom stereocenters. The van der Waals surface area contributed by atoms with Crippen molar-refractivity contribution in [2.75, 3.05) is 39.9 Å². The van der Waals surface area contributed by atoms with Crippen molar-refractivity contribution in [2.45, 2.75) is 13.5 Å². The highest BCUT2D eigenvalue weighted by Crippen LogP contribution is 2.25. The Bertz CT molecular complexity index is 1010. The summed E-state index contributed by atoms with van der Waals surface area (Å²) in [5, 5.41) is 3.19. The molecule has 162 valence electrons. The molecule has 3 aromatic rings. The molecule has 0 spiro atoms. The zero-order valence-electron chi connectivity index (χ0n) is 17.9. The third kappa shape index (κ3) is 5.06. The molecule has 1 saturated heterocycles. The van der Waals surface area contributed by atoms with E-state index in [0.717, 1.165) is 41.6 Å². The Hall–Kier alpha value is -2.90. The second-order valence-electron chi connectivity index (χ2n) is 7.35. The van der Waals surface area contributed by atoms with Crippen molar-refractivity contribution in [3.8, 4) is 22.8 Å². The number of rotatable bonds is 7. The van der Waals surface area contributed by atoms with Crippen LogP contribution in [0.2, 0.25) is 0 Å². The Morgan fingerprint density at radius 3 is 2.52 bits per heavy atom. The Kier molecular flexibility index (Phi) is 6.84. The topological polar surface area (TPSA) is 54.9 Å². The first kappa shape index (κ1) is 21.3. The van der Waals surface area contributed by atoms with Gasteiger partial charge in [0.25, 0.3) is 5.91 Å². The Morgan fingerprint density at radius 1 is 1.06 bits per heavy atom. The van der Waals surface area contributed by atoms with Crippen LogP contribution >= 0.6 is 11.3 Å². The average Bonchev–Trinajstić information content (AvgIpc) is 3.28. The zero-order valence-corrected chi connectivity index (χ0v) is 18.7.